The third-order valence-corrected chi connectivity index (χ3v) is 6.32. The van der Waals surface area contributed by atoms with Gasteiger partial charge in [-0.1, -0.05) is 29.4 Å². The number of nitrogen functional groups attached to an aromatic ring is 1. The maximum Gasteiger partial charge on any atom is 0.257 e. The van der Waals surface area contributed by atoms with Gasteiger partial charge in [-0.3, -0.25) is 9.59 Å². The second-order valence-corrected chi connectivity index (χ2v) is 8.67. The molecule has 1 saturated carbocycles. The van der Waals surface area contributed by atoms with E-state index in [2.05, 4.69) is 5.16 Å². The Balaban J connectivity index is 1.29. The molecule has 2 heterocycles. The third kappa shape index (κ3) is 4.03. The number of hydrogen-bond donors (Lipinski definition) is 3. The lowest BCUT2D eigenvalue weighted by Crippen LogP contribution is -2.55. The molecular formula is C24H25N5O4. The SMILES string of the molecule is Nc1cc(-c2cccc(-c3ccc(C(=O)N4CCN(C(=O)C5(N)CC5)CC4)c(O)c3)c2)no1. The molecule has 9 nitrogen and oxygen atoms in total. The fourth-order valence-electron chi connectivity index (χ4n) is 4.12. The number of aromatic hydroxyl groups is 1. The maximum absolute atomic E-state index is 13.0. The summed E-state index contributed by atoms with van der Waals surface area (Å²) in [5.74, 6) is -0.147. The van der Waals surface area contributed by atoms with Gasteiger partial charge in [0.1, 0.15) is 11.4 Å². The number of nitrogens with two attached hydrogens (primary N) is 2. The number of hydrogen-bond acceptors (Lipinski definition) is 7. The van der Waals surface area contributed by atoms with Crippen LogP contribution in [0.3, 0.4) is 0 Å². The molecule has 0 atom stereocenters. The highest BCUT2D eigenvalue weighted by atomic mass is 16.5. The van der Waals surface area contributed by atoms with Gasteiger partial charge in [0.2, 0.25) is 11.8 Å². The quantitative estimate of drug-likeness (QED) is 0.556. The Bertz CT molecular complexity index is 1230. The molecule has 0 unspecified atom stereocenters. The molecule has 0 spiro atoms. The number of phenolic OH excluding ortho intramolecular Hbond substituents is 1. The highest BCUT2D eigenvalue weighted by Crippen LogP contribution is 2.35. The minimum Gasteiger partial charge on any atom is -0.507 e. The zero-order valence-corrected chi connectivity index (χ0v) is 18.0. The molecule has 1 aliphatic carbocycles. The number of piperazine rings is 1. The smallest absolute Gasteiger partial charge is 0.257 e. The largest absolute Gasteiger partial charge is 0.507 e. The predicted molar refractivity (Wildman–Crippen MR) is 122 cm³/mol. The lowest BCUT2D eigenvalue weighted by Gasteiger charge is -2.36. The van der Waals surface area contributed by atoms with Crippen LogP contribution in [0.4, 0.5) is 5.88 Å². The lowest BCUT2D eigenvalue weighted by molar-refractivity contribution is -0.135. The summed E-state index contributed by atoms with van der Waals surface area (Å²) in [6.45, 7) is 1.71. The van der Waals surface area contributed by atoms with Crippen molar-refractivity contribution in [3.05, 3.63) is 54.1 Å². The van der Waals surface area contributed by atoms with E-state index in [-0.39, 0.29) is 29.0 Å². The van der Waals surface area contributed by atoms with Crippen molar-refractivity contribution >= 4 is 17.7 Å². The highest BCUT2D eigenvalue weighted by Gasteiger charge is 2.48. The number of aromatic nitrogens is 1. The van der Waals surface area contributed by atoms with Gasteiger partial charge in [-0.05, 0) is 42.2 Å². The van der Waals surface area contributed by atoms with E-state index in [0.29, 0.717) is 31.9 Å². The van der Waals surface area contributed by atoms with Gasteiger partial charge in [0, 0.05) is 37.8 Å². The molecule has 9 heteroatoms. The van der Waals surface area contributed by atoms with E-state index >= 15 is 0 Å². The van der Waals surface area contributed by atoms with Gasteiger partial charge >= 0.3 is 0 Å². The third-order valence-electron chi connectivity index (χ3n) is 6.32. The maximum atomic E-state index is 13.0. The number of amides is 2. The molecule has 5 rings (SSSR count). The summed E-state index contributed by atoms with van der Waals surface area (Å²) in [6, 6.07) is 14.2. The minimum atomic E-state index is -0.697. The summed E-state index contributed by atoms with van der Waals surface area (Å²) >= 11 is 0. The van der Waals surface area contributed by atoms with Crippen molar-refractivity contribution in [2.75, 3.05) is 31.9 Å². The second kappa shape index (κ2) is 7.93. The zero-order valence-electron chi connectivity index (χ0n) is 18.0. The number of carbonyl (C=O) groups is 2. The monoisotopic (exact) mass is 447 g/mol. The Morgan fingerprint density at radius 3 is 2.24 bits per heavy atom. The molecule has 33 heavy (non-hydrogen) atoms. The van der Waals surface area contributed by atoms with E-state index in [1.54, 1.807) is 34.1 Å². The van der Waals surface area contributed by atoms with Crippen LogP contribution in [0.15, 0.2) is 53.1 Å². The second-order valence-electron chi connectivity index (χ2n) is 8.67. The van der Waals surface area contributed by atoms with Crippen LogP contribution in [0, 0.1) is 0 Å². The lowest BCUT2D eigenvalue weighted by atomic mass is 9.99. The van der Waals surface area contributed by atoms with Gasteiger partial charge in [0.25, 0.3) is 5.91 Å². The van der Waals surface area contributed by atoms with Crippen molar-refractivity contribution in [1.82, 2.24) is 15.0 Å². The van der Waals surface area contributed by atoms with Crippen LogP contribution in [-0.4, -0.2) is 63.6 Å². The highest BCUT2D eigenvalue weighted by molar-refractivity contribution is 5.98. The van der Waals surface area contributed by atoms with Gasteiger partial charge < -0.3 is 30.9 Å². The minimum absolute atomic E-state index is 0.0302. The van der Waals surface area contributed by atoms with Crippen molar-refractivity contribution in [3.63, 3.8) is 0 Å². The van der Waals surface area contributed by atoms with Gasteiger partial charge in [-0.2, -0.15) is 0 Å². The molecule has 0 bridgehead atoms. The van der Waals surface area contributed by atoms with Crippen molar-refractivity contribution in [3.8, 4) is 28.1 Å². The van der Waals surface area contributed by atoms with E-state index in [0.717, 1.165) is 29.5 Å². The number of carbonyl (C=O) groups excluding carboxylic acids is 2. The van der Waals surface area contributed by atoms with Crippen molar-refractivity contribution in [2.45, 2.75) is 18.4 Å². The molecule has 2 amide bonds. The number of rotatable bonds is 4. The molecule has 0 radical (unpaired) electrons. The summed E-state index contributed by atoms with van der Waals surface area (Å²) in [5, 5.41) is 14.6. The first-order chi connectivity index (χ1) is 15.8. The van der Waals surface area contributed by atoms with Gasteiger partial charge in [-0.15, -0.1) is 0 Å². The molecular weight excluding hydrogens is 422 g/mol. The van der Waals surface area contributed by atoms with Crippen LogP contribution in [0.25, 0.3) is 22.4 Å². The van der Waals surface area contributed by atoms with Gasteiger partial charge in [0.15, 0.2) is 0 Å². The van der Waals surface area contributed by atoms with E-state index in [1.165, 1.54) is 0 Å². The molecule has 2 fully saturated rings. The molecule has 3 aromatic rings. The van der Waals surface area contributed by atoms with Crippen molar-refractivity contribution < 1.29 is 19.2 Å². The summed E-state index contributed by atoms with van der Waals surface area (Å²) in [5.41, 5.74) is 14.2. The van der Waals surface area contributed by atoms with E-state index < -0.39 is 5.54 Å². The van der Waals surface area contributed by atoms with Crippen LogP contribution in [-0.2, 0) is 4.79 Å². The Labute approximate surface area is 190 Å². The zero-order chi connectivity index (χ0) is 23.2. The first-order valence-electron chi connectivity index (χ1n) is 10.9. The fourth-order valence-corrected chi connectivity index (χ4v) is 4.12. The molecule has 1 aliphatic heterocycles. The van der Waals surface area contributed by atoms with Crippen LogP contribution in [0.2, 0.25) is 0 Å². The Kier molecular flexibility index (Phi) is 5.05. The first-order valence-corrected chi connectivity index (χ1v) is 10.9. The molecule has 5 N–H and O–H groups in total. The molecule has 1 saturated heterocycles. The van der Waals surface area contributed by atoms with Gasteiger partial charge in [-0.25, -0.2) is 0 Å². The van der Waals surface area contributed by atoms with E-state index in [9.17, 15) is 14.7 Å². The van der Waals surface area contributed by atoms with Crippen LogP contribution in [0.1, 0.15) is 23.2 Å². The summed E-state index contributed by atoms with van der Waals surface area (Å²) in [7, 11) is 0. The van der Waals surface area contributed by atoms with E-state index in [4.69, 9.17) is 16.0 Å². The standard InChI is InChI=1S/C24H25N5O4/c25-21-14-19(27-33-21)17-3-1-2-15(12-17)16-4-5-18(20(30)13-16)22(31)28-8-10-29(11-9-28)23(32)24(26)6-7-24/h1-5,12-14,30H,6-11,25-26H2. The summed E-state index contributed by atoms with van der Waals surface area (Å²) < 4.78 is 4.94. The average Bonchev–Trinajstić information content (AvgIpc) is 3.44. The Morgan fingerprint density at radius 1 is 0.939 bits per heavy atom. The molecule has 170 valence electrons. The Hall–Kier alpha value is -3.85. The fraction of sp³-hybridized carbons (Fsp3) is 0.292. The summed E-state index contributed by atoms with van der Waals surface area (Å²) in [6.07, 6.45) is 1.45. The van der Waals surface area contributed by atoms with Crippen LogP contribution < -0.4 is 11.5 Å². The predicted octanol–water partition coefficient (Wildman–Crippen LogP) is 2.07. The number of benzene rings is 2. The number of phenols is 1. The Morgan fingerprint density at radius 2 is 1.61 bits per heavy atom. The van der Waals surface area contributed by atoms with Crippen LogP contribution in [0.5, 0.6) is 5.75 Å². The first kappa shape index (κ1) is 21.0. The topological polar surface area (TPSA) is 139 Å². The normalized spacial score (nSPS) is 17.1. The average molecular weight is 447 g/mol. The number of anilines is 1. The van der Waals surface area contributed by atoms with Crippen molar-refractivity contribution in [1.29, 1.82) is 0 Å². The van der Waals surface area contributed by atoms with Gasteiger partial charge in [0.05, 0.1) is 11.1 Å². The van der Waals surface area contributed by atoms with Crippen LogP contribution >= 0.6 is 0 Å². The molecule has 1 aromatic heterocycles. The summed E-state index contributed by atoms with van der Waals surface area (Å²) in [4.78, 5) is 28.8. The molecule has 2 aromatic carbocycles. The molecule has 2 aliphatic rings. The van der Waals surface area contributed by atoms with Crippen molar-refractivity contribution in [2.24, 2.45) is 5.73 Å². The number of nitrogens with zero attached hydrogens (tertiary/aromatic N) is 3. The van der Waals surface area contributed by atoms with E-state index in [1.807, 2.05) is 24.3 Å².